The van der Waals surface area contributed by atoms with Gasteiger partial charge in [-0.2, -0.15) is 0 Å². The van der Waals surface area contributed by atoms with Gasteiger partial charge in [0.2, 0.25) is 0 Å². The molecule has 4 nitrogen and oxygen atoms in total. The minimum Gasteiger partial charge on any atom is -0.372 e. The van der Waals surface area contributed by atoms with E-state index in [2.05, 4.69) is 62.8 Å². The first-order valence-corrected chi connectivity index (χ1v) is 7.85. The van der Waals surface area contributed by atoms with Gasteiger partial charge in [0.25, 0.3) is 0 Å². The van der Waals surface area contributed by atoms with Crippen LogP contribution in [0.1, 0.15) is 45.9 Å². The largest absolute Gasteiger partial charge is 0.372 e. The van der Waals surface area contributed by atoms with Gasteiger partial charge >= 0.3 is 0 Å². The van der Waals surface area contributed by atoms with Crippen molar-refractivity contribution in [1.29, 1.82) is 0 Å². The topological polar surface area (TPSA) is 37.4 Å². The maximum Gasteiger partial charge on any atom is 0.0726 e. The second-order valence-electron chi connectivity index (χ2n) is 7.22. The smallest absolute Gasteiger partial charge is 0.0726 e. The third-order valence-corrected chi connectivity index (χ3v) is 3.67. The lowest BCUT2D eigenvalue weighted by molar-refractivity contribution is -0.00528. The van der Waals surface area contributed by atoms with Crippen LogP contribution in [0, 0.1) is 6.92 Å². The van der Waals surface area contributed by atoms with Crippen molar-refractivity contribution in [2.45, 2.75) is 65.8 Å². The Kier molecular flexibility index (Phi) is 4.89. The Morgan fingerprint density at radius 2 is 1.90 bits per heavy atom. The molecule has 0 amide bonds. The molecule has 4 heteroatoms. The summed E-state index contributed by atoms with van der Waals surface area (Å²) in [5.74, 6) is 0. The molecular weight excluding hydrogens is 262 g/mol. The Hall–Kier alpha value is -1.13. The molecule has 2 heterocycles. The number of aryl methyl sites for hydroxylation is 1. The third kappa shape index (κ3) is 4.68. The van der Waals surface area contributed by atoms with Crippen molar-refractivity contribution < 1.29 is 4.74 Å². The lowest BCUT2D eigenvalue weighted by atomic mass is 10.1. The highest BCUT2D eigenvalue weighted by atomic mass is 16.5. The highest BCUT2D eigenvalue weighted by Crippen LogP contribution is 2.25. The Morgan fingerprint density at radius 1 is 1.29 bits per heavy atom. The molecule has 21 heavy (non-hydrogen) atoms. The quantitative estimate of drug-likeness (QED) is 0.929. The molecule has 1 saturated heterocycles. The van der Waals surface area contributed by atoms with Gasteiger partial charge in [0.1, 0.15) is 0 Å². The molecule has 118 valence electrons. The monoisotopic (exact) mass is 291 g/mol. The first kappa shape index (κ1) is 16.2. The lowest BCUT2D eigenvalue weighted by Crippen LogP contribution is -2.46. The second kappa shape index (κ2) is 6.32. The molecule has 1 aromatic rings. The van der Waals surface area contributed by atoms with Gasteiger partial charge in [0.15, 0.2) is 0 Å². The number of nitrogens with one attached hydrogen (secondary N) is 1. The molecule has 1 N–H and O–H groups in total. The van der Waals surface area contributed by atoms with Gasteiger partial charge in [-0.05, 0) is 47.6 Å². The zero-order valence-corrected chi connectivity index (χ0v) is 14.2. The van der Waals surface area contributed by atoms with E-state index < -0.39 is 0 Å². The molecule has 0 aliphatic carbocycles. The van der Waals surface area contributed by atoms with Crippen molar-refractivity contribution in [2.75, 3.05) is 18.0 Å². The van der Waals surface area contributed by atoms with Crippen LogP contribution in [0.3, 0.4) is 0 Å². The summed E-state index contributed by atoms with van der Waals surface area (Å²) < 4.78 is 5.85. The maximum atomic E-state index is 5.85. The van der Waals surface area contributed by atoms with Crippen LogP contribution >= 0.6 is 0 Å². The lowest BCUT2D eigenvalue weighted by Gasteiger charge is -2.38. The number of morpholine rings is 1. The van der Waals surface area contributed by atoms with Crippen molar-refractivity contribution in [3.8, 4) is 0 Å². The number of aromatic nitrogens is 1. The predicted octanol–water partition coefficient (Wildman–Crippen LogP) is 2.89. The molecule has 0 unspecified atom stereocenters. The number of rotatable bonds is 3. The Labute approximate surface area is 128 Å². The fraction of sp³-hybridized carbons (Fsp3) is 0.706. The Morgan fingerprint density at radius 3 is 2.48 bits per heavy atom. The number of anilines is 1. The molecule has 1 aliphatic rings. The van der Waals surface area contributed by atoms with Crippen LogP contribution in [-0.4, -0.2) is 35.8 Å². The summed E-state index contributed by atoms with van der Waals surface area (Å²) in [4.78, 5) is 6.91. The first-order chi connectivity index (χ1) is 9.74. The van der Waals surface area contributed by atoms with Gasteiger partial charge < -0.3 is 15.0 Å². The van der Waals surface area contributed by atoms with Crippen LogP contribution < -0.4 is 10.2 Å². The van der Waals surface area contributed by atoms with E-state index in [1.807, 2.05) is 6.20 Å². The van der Waals surface area contributed by atoms with E-state index in [0.717, 1.165) is 25.3 Å². The fourth-order valence-corrected chi connectivity index (χ4v) is 2.74. The predicted molar refractivity (Wildman–Crippen MR) is 87.8 cm³/mol. The molecule has 1 aliphatic heterocycles. The molecule has 0 spiro atoms. The average Bonchev–Trinajstić information content (AvgIpc) is 2.35. The van der Waals surface area contributed by atoms with E-state index in [0.29, 0.717) is 0 Å². The molecule has 0 saturated carbocycles. The van der Waals surface area contributed by atoms with Gasteiger partial charge in [0, 0.05) is 48.3 Å². The first-order valence-electron chi connectivity index (χ1n) is 7.85. The van der Waals surface area contributed by atoms with Crippen molar-refractivity contribution in [1.82, 2.24) is 10.3 Å². The van der Waals surface area contributed by atoms with E-state index in [4.69, 9.17) is 4.74 Å². The van der Waals surface area contributed by atoms with Crippen molar-refractivity contribution in [2.24, 2.45) is 0 Å². The van der Waals surface area contributed by atoms with Crippen LogP contribution in [0.4, 0.5) is 5.69 Å². The number of hydrogen-bond donors (Lipinski definition) is 1. The third-order valence-electron chi connectivity index (χ3n) is 3.67. The van der Waals surface area contributed by atoms with Crippen molar-refractivity contribution >= 4 is 5.69 Å². The molecule has 2 rings (SSSR count). The van der Waals surface area contributed by atoms with Gasteiger partial charge in [-0.3, -0.25) is 4.98 Å². The summed E-state index contributed by atoms with van der Waals surface area (Å²) in [6.45, 7) is 15.6. The fourth-order valence-electron chi connectivity index (χ4n) is 2.74. The molecule has 0 radical (unpaired) electrons. The summed E-state index contributed by atoms with van der Waals surface area (Å²) in [5.41, 5.74) is 3.72. The highest BCUT2D eigenvalue weighted by Gasteiger charge is 2.24. The minimum absolute atomic E-state index is 0.105. The van der Waals surface area contributed by atoms with E-state index >= 15 is 0 Å². The second-order valence-corrected chi connectivity index (χ2v) is 7.22. The van der Waals surface area contributed by atoms with Crippen LogP contribution in [0.25, 0.3) is 0 Å². The average molecular weight is 291 g/mol. The van der Waals surface area contributed by atoms with E-state index in [1.54, 1.807) is 0 Å². The van der Waals surface area contributed by atoms with Gasteiger partial charge in [-0.15, -0.1) is 0 Å². The number of ether oxygens (including phenoxy) is 1. The Balaban J connectivity index is 2.22. The van der Waals surface area contributed by atoms with E-state index in [9.17, 15) is 0 Å². The number of hydrogen-bond acceptors (Lipinski definition) is 4. The van der Waals surface area contributed by atoms with E-state index in [1.165, 1.54) is 11.3 Å². The normalized spacial score (nSPS) is 23.4. The number of pyridine rings is 1. The molecule has 1 aromatic heterocycles. The molecular formula is C17H29N3O. The molecule has 0 aromatic carbocycles. The zero-order chi connectivity index (χ0) is 15.6. The Bertz CT molecular complexity index is 471. The van der Waals surface area contributed by atoms with Gasteiger partial charge in [0.05, 0.1) is 12.2 Å². The minimum atomic E-state index is 0.105. The van der Waals surface area contributed by atoms with Gasteiger partial charge in [-0.25, -0.2) is 0 Å². The standard InChI is InChI=1S/C17H29N3O/c1-12-7-16(20-10-13(2)21-14(3)11-20)15(8-18-12)9-19-17(4,5)6/h7-8,13-14,19H,9-11H2,1-6H3/t13-,14+. The molecule has 2 atom stereocenters. The number of nitrogens with zero attached hydrogens (tertiary/aromatic N) is 2. The van der Waals surface area contributed by atoms with Crippen molar-refractivity contribution in [3.05, 3.63) is 23.5 Å². The van der Waals surface area contributed by atoms with Crippen LogP contribution in [0.5, 0.6) is 0 Å². The van der Waals surface area contributed by atoms with Gasteiger partial charge in [-0.1, -0.05) is 0 Å². The van der Waals surface area contributed by atoms with Crippen LogP contribution in [0.2, 0.25) is 0 Å². The maximum absolute atomic E-state index is 5.85. The summed E-state index contributed by atoms with van der Waals surface area (Å²) in [5, 5.41) is 3.56. The SMILES string of the molecule is Cc1cc(N2C[C@@H](C)O[C@@H](C)C2)c(CNC(C)(C)C)cn1. The highest BCUT2D eigenvalue weighted by molar-refractivity contribution is 5.54. The molecule has 0 bridgehead atoms. The summed E-state index contributed by atoms with van der Waals surface area (Å²) in [6.07, 6.45) is 2.55. The summed E-state index contributed by atoms with van der Waals surface area (Å²) in [6, 6.07) is 2.20. The van der Waals surface area contributed by atoms with Crippen LogP contribution in [-0.2, 0) is 11.3 Å². The summed E-state index contributed by atoms with van der Waals surface area (Å²) in [7, 11) is 0. The summed E-state index contributed by atoms with van der Waals surface area (Å²) >= 11 is 0. The van der Waals surface area contributed by atoms with Crippen molar-refractivity contribution in [3.63, 3.8) is 0 Å². The van der Waals surface area contributed by atoms with Crippen LogP contribution in [0.15, 0.2) is 12.3 Å². The van der Waals surface area contributed by atoms with E-state index in [-0.39, 0.29) is 17.7 Å². The zero-order valence-electron chi connectivity index (χ0n) is 14.2. The molecule has 1 fully saturated rings.